The molecule has 2 aromatic rings. The second-order valence-electron chi connectivity index (χ2n) is 5.03. The van der Waals surface area contributed by atoms with E-state index in [0.717, 1.165) is 10.1 Å². The molecule has 0 fully saturated rings. The number of aromatic nitrogens is 2. The summed E-state index contributed by atoms with van der Waals surface area (Å²) in [6.45, 7) is 2.24. The van der Waals surface area contributed by atoms with Crippen LogP contribution in [0.1, 0.15) is 24.2 Å². The van der Waals surface area contributed by atoms with Gasteiger partial charge in [0.25, 0.3) is 5.56 Å². The Hall–Kier alpha value is -2.21. The quantitative estimate of drug-likeness (QED) is 0.917. The van der Waals surface area contributed by atoms with Crippen LogP contribution in [0.2, 0.25) is 0 Å². The van der Waals surface area contributed by atoms with Crippen LogP contribution in [0, 0.1) is 5.82 Å². The van der Waals surface area contributed by atoms with Gasteiger partial charge in [-0.1, -0.05) is 12.1 Å². The van der Waals surface area contributed by atoms with Gasteiger partial charge in [-0.25, -0.2) is 9.18 Å². The molecule has 0 aliphatic carbocycles. The van der Waals surface area contributed by atoms with Gasteiger partial charge in [-0.2, -0.15) is 0 Å². The van der Waals surface area contributed by atoms with Crippen LogP contribution in [-0.2, 0) is 20.6 Å². The van der Waals surface area contributed by atoms with Crippen molar-refractivity contribution in [3.8, 4) is 0 Å². The number of hydrogen-bond donors (Lipinski definition) is 1. The minimum absolute atomic E-state index is 0.0974. The van der Waals surface area contributed by atoms with Crippen LogP contribution < -0.4 is 16.6 Å². The van der Waals surface area contributed by atoms with Crippen LogP contribution in [0.5, 0.6) is 0 Å². The highest BCUT2D eigenvalue weighted by molar-refractivity contribution is 5.19. The van der Waals surface area contributed by atoms with Crippen molar-refractivity contribution in [1.29, 1.82) is 0 Å². The number of halogens is 1. The topological polar surface area (TPSA) is 56.0 Å². The first-order valence-electron chi connectivity index (χ1n) is 6.65. The molecule has 1 heterocycles. The van der Waals surface area contributed by atoms with Gasteiger partial charge in [-0.15, -0.1) is 0 Å². The van der Waals surface area contributed by atoms with E-state index in [2.05, 4.69) is 5.32 Å². The normalized spacial score (nSPS) is 12.4. The van der Waals surface area contributed by atoms with E-state index in [4.69, 9.17) is 0 Å². The predicted molar refractivity (Wildman–Crippen MR) is 78.6 cm³/mol. The molecule has 0 unspecified atom stereocenters. The lowest BCUT2D eigenvalue weighted by Crippen LogP contribution is -2.39. The molecule has 0 radical (unpaired) electrons. The fourth-order valence-electron chi connectivity index (χ4n) is 2.10. The molecule has 0 saturated heterocycles. The van der Waals surface area contributed by atoms with Crippen LogP contribution in [0.25, 0.3) is 0 Å². The Labute approximate surface area is 121 Å². The summed E-state index contributed by atoms with van der Waals surface area (Å²) in [5, 5.41) is 3.18. The molecule has 0 spiro atoms. The van der Waals surface area contributed by atoms with Gasteiger partial charge >= 0.3 is 5.69 Å². The van der Waals surface area contributed by atoms with Crippen molar-refractivity contribution in [2.75, 3.05) is 0 Å². The van der Waals surface area contributed by atoms with E-state index in [1.165, 1.54) is 29.8 Å². The fourth-order valence-corrected chi connectivity index (χ4v) is 2.10. The van der Waals surface area contributed by atoms with Crippen molar-refractivity contribution in [1.82, 2.24) is 14.5 Å². The van der Waals surface area contributed by atoms with Gasteiger partial charge in [0.05, 0.1) is 0 Å². The molecule has 1 N–H and O–H groups in total. The Morgan fingerprint density at radius 2 is 1.90 bits per heavy atom. The Morgan fingerprint density at radius 1 is 1.19 bits per heavy atom. The second kappa shape index (κ2) is 6.05. The fraction of sp³-hybridized carbons (Fsp3) is 0.333. The van der Waals surface area contributed by atoms with Crippen molar-refractivity contribution >= 4 is 0 Å². The summed E-state index contributed by atoms with van der Waals surface area (Å²) >= 11 is 0. The number of rotatable bonds is 4. The zero-order valence-electron chi connectivity index (χ0n) is 12.3. The molecule has 5 nitrogen and oxygen atoms in total. The van der Waals surface area contributed by atoms with Crippen LogP contribution in [0.15, 0.2) is 39.9 Å². The summed E-state index contributed by atoms with van der Waals surface area (Å²) in [6, 6.07) is 7.65. The van der Waals surface area contributed by atoms with E-state index in [0.29, 0.717) is 12.2 Å². The monoisotopic (exact) mass is 291 g/mol. The number of nitrogens with one attached hydrogen (secondary N) is 1. The third-order valence-corrected chi connectivity index (χ3v) is 3.56. The zero-order chi connectivity index (χ0) is 15.6. The summed E-state index contributed by atoms with van der Waals surface area (Å²) in [7, 11) is 3.06. The molecular formula is C15H18FN3O2. The molecule has 0 aliphatic rings. The summed E-state index contributed by atoms with van der Waals surface area (Å²) in [5.74, 6) is -0.290. The standard InChI is InChI=1S/C15H18FN3O2/c1-10(11-5-4-6-12(16)7-11)17-9-13-8-14(20)19(3)15(21)18(13)2/h4-8,10,17H,9H2,1-3H3/t10-/m1/s1. The van der Waals surface area contributed by atoms with Crippen LogP contribution in [-0.4, -0.2) is 9.13 Å². The molecule has 1 aromatic carbocycles. The molecule has 0 bridgehead atoms. The zero-order valence-corrected chi connectivity index (χ0v) is 12.3. The summed E-state index contributed by atoms with van der Waals surface area (Å²) in [4.78, 5) is 23.5. The summed E-state index contributed by atoms with van der Waals surface area (Å²) < 4.78 is 15.7. The molecule has 0 amide bonds. The molecule has 1 aromatic heterocycles. The van der Waals surface area contributed by atoms with Gasteiger partial charge in [0.2, 0.25) is 0 Å². The van der Waals surface area contributed by atoms with Crippen molar-refractivity contribution in [2.45, 2.75) is 19.5 Å². The SMILES string of the molecule is C[C@@H](NCc1cc(=O)n(C)c(=O)n1C)c1cccc(F)c1. The number of hydrogen-bond acceptors (Lipinski definition) is 3. The molecule has 1 atom stereocenters. The summed E-state index contributed by atoms with van der Waals surface area (Å²) in [6.07, 6.45) is 0. The third kappa shape index (κ3) is 3.28. The minimum atomic E-state index is -0.363. The van der Waals surface area contributed by atoms with Gasteiger partial charge < -0.3 is 5.32 Å². The maximum Gasteiger partial charge on any atom is 0.330 e. The number of benzene rings is 1. The van der Waals surface area contributed by atoms with Crippen molar-refractivity contribution < 1.29 is 4.39 Å². The molecule has 21 heavy (non-hydrogen) atoms. The van der Waals surface area contributed by atoms with E-state index in [1.807, 2.05) is 13.0 Å². The first kappa shape index (κ1) is 15.2. The van der Waals surface area contributed by atoms with Gasteiger partial charge in [0.15, 0.2) is 0 Å². The number of nitrogens with zero attached hydrogens (tertiary/aromatic N) is 2. The van der Waals surface area contributed by atoms with Crippen molar-refractivity contribution in [3.05, 3.63) is 68.2 Å². The lowest BCUT2D eigenvalue weighted by molar-refractivity contribution is 0.535. The lowest BCUT2D eigenvalue weighted by atomic mass is 10.1. The first-order chi connectivity index (χ1) is 9.90. The Morgan fingerprint density at radius 3 is 2.57 bits per heavy atom. The highest BCUT2D eigenvalue weighted by Gasteiger charge is 2.09. The molecule has 6 heteroatoms. The molecule has 2 rings (SSSR count). The molecule has 112 valence electrons. The van der Waals surface area contributed by atoms with Gasteiger partial charge in [-0.05, 0) is 24.6 Å². The molecular weight excluding hydrogens is 273 g/mol. The first-order valence-corrected chi connectivity index (χ1v) is 6.65. The van der Waals surface area contributed by atoms with Crippen LogP contribution in [0.4, 0.5) is 4.39 Å². The van der Waals surface area contributed by atoms with Gasteiger partial charge in [0, 0.05) is 38.4 Å². The average molecular weight is 291 g/mol. The Bertz CT molecular complexity index is 764. The highest BCUT2D eigenvalue weighted by atomic mass is 19.1. The van der Waals surface area contributed by atoms with E-state index >= 15 is 0 Å². The summed E-state index contributed by atoms with van der Waals surface area (Å²) in [5.41, 5.74) is 0.696. The molecule has 0 saturated carbocycles. The van der Waals surface area contributed by atoms with E-state index in [-0.39, 0.29) is 23.1 Å². The van der Waals surface area contributed by atoms with Gasteiger partial charge in [0.1, 0.15) is 5.82 Å². The maximum atomic E-state index is 13.2. The average Bonchev–Trinajstić information content (AvgIpc) is 2.47. The van der Waals surface area contributed by atoms with Gasteiger partial charge in [-0.3, -0.25) is 13.9 Å². The Kier molecular flexibility index (Phi) is 4.37. The lowest BCUT2D eigenvalue weighted by Gasteiger charge is -2.16. The second-order valence-corrected chi connectivity index (χ2v) is 5.03. The van der Waals surface area contributed by atoms with Crippen LogP contribution in [0.3, 0.4) is 0 Å². The van der Waals surface area contributed by atoms with E-state index < -0.39 is 0 Å². The Balaban J connectivity index is 2.17. The molecule has 0 aliphatic heterocycles. The van der Waals surface area contributed by atoms with E-state index in [9.17, 15) is 14.0 Å². The predicted octanol–water partition coefficient (Wildman–Crippen LogP) is 1.07. The smallest absolute Gasteiger partial charge is 0.305 e. The van der Waals surface area contributed by atoms with Crippen molar-refractivity contribution in [3.63, 3.8) is 0 Å². The third-order valence-electron chi connectivity index (χ3n) is 3.56. The van der Waals surface area contributed by atoms with E-state index in [1.54, 1.807) is 13.1 Å². The highest BCUT2D eigenvalue weighted by Crippen LogP contribution is 2.13. The van der Waals surface area contributed by atoms with Crippen LogP contribution >= 0.6 is 0 Å². The minimum Gasteiger partial charge on any atom is -0.305 e. The maximum absolute atomic E-state index is 13.2. The van der Waals surface area contributed by atoms with Crippen molar-refractivity contribution in [2.24, 2.45) is 14.1 Å². The largest absolute Gasteiger partial charge is 0.330 e.